The summed E-state index contributed by atoms with van der Waals surface area (Å²) in [6.45, 7) is 0. The van der Waals surface area contributed by atoms with Crippen molar-refractivity contribution in [2.24, 2.45) is 5.14 Å². The van der Waals surface area contributed by atoms with E-state index in [0.717, 1.165) is 0 Å². The minimum atomic E-state index is -4.08. The Kier molecular flexibility index (Phi) is 3.28. The minimum Gasteiger partial charge on any atom is -0.465 e. The number of rotatable bonds is 3. The van der Waals surface area contributed by atoms with Gasteiger partial charge in [-0.05, 0) is 18.2 Å². The first kappa shape index (κ1) is 11.5. The fourth-order valence-electron chi connectivity index (χ4n) is 0.927. The second-order valence-corrected chi connectivity index (χ2v) is 3.75. The summed E-state index contributed by atoms with van der Waals surface area (Å²) in [6.07, 6.45) is 0. The van der Waals surface area contributed by atoms with Crippen LogP contribution in [0.3, 0.4) is 0 Å². The Labute approximate surface area is 86.9 Å². The van der Waals surface area contributed by atoms with Gasteiger partial charge < -0.3 is 8.92 Å². The zero-order valence-electron chi connectivity index (χ0n) is 7.84. The first-order valence-corrected chi connectivity index (χ1v) is 5.30. The lowest BCUT2D eigenvalue weighted by molar-refractivity contribution is 0.0600. The van der Waals surface area contributed by atoms with Crippen molar-refractivity contribution >= 4 is 16.3 Å². The van der Waals surface area contributed by atoms with E-state index < -0.39 is 16.3 Å². The van der Waals surface area contributed by atoms with E-state index in [0.29, 0.717) is 0 Å². The highest BCUT2D eigenvalue weighted by Crippen LogP contribution is 2.14. The number of methoxy groups -OCH3 is 1. The molecule has 0 aromatic heterocycles. The molecule has 0 bridgehead atoms. The molecule has 0 heterocycles. The highest BCUT2D eigenvalue weighted by Gasteiger charge is 2.09. The third-order valence-electron chi connectivity index (χ3n) is 1.47. The Balaban J connectivity index is 2.98. The van der Waals surface area contributed by atoms with E-state index in [1.165, 1.54) is 31.4 Å². The van der Waals surface area contributed by atoms with Crippen LogP contribution in [-0.4, -0.2) is 21.5 Å². The minimum absolute atomic E-state index is 0.0413. The SMILES string of the molecule is COC(=O)c1cccc(OS(N)(=O)=O)c1. The molecular formula is C8H9NO5S. The number of carbonyl (C=O) groups excluding carboxylic acids is 1. The van der Waals surface area contributed by atoms with Crippen molar-refractivity contribution in [2.75, 3.05) is 7.11 Å². The van der Waals surface area contributed by atoms with Gasteiger partial charge in [0.25, 0.3) is 0 Å². The van der Waals surface area contributed by atoms with E-state index >= 15 is 0 Å². The predicted molar refractivity (Wildman–Crippen MR) is 51.5 cm³/mol. The Morgan fingerprint density at radius 1 is 1.40 bits per heavy atom. The molecule has 0 unspecified atom stereocenters. The van der Waals surface area contributed by atoms with Crippen LogP contribution in [0.5, 0.6) is 5.75 Å². The Morgan fingerprint density at radius 2 is 2.07 bits per heavy atom. The summed E-state index contributed by atoms with van der Waals surface area (Å²) >= 11 is 0. The molecular weight excluding hydrogens is 222 g/mol. The molecule has 0 saturated heterocycles. The van der Waals surface area contributed by atoms with Crippen molar-refractivity contribution in [3.05, 3.63) is 29.8 Å². The maximum Gasteiger partial charge on any atom is 0.380 e. The number of benzene rings is 1. The molecule has 0 amide bonds. The molecule has 82 valence electrons. The van der Waals surface area contributed by atoms with Gasteiger partial charge in [-0.2, -0.15) is 13.6 Å². The van der Waals surface area contributed by atoms with Crippen LogP contribution in [0.1, 0.15) is 10.4 Å². The second-order valence-electron chi connectivity index (χ2n) is 2.60. The average Bonchev–Trinajstić information content (AvgIpc) is 2.14. The van der Waals surface area contributed by atoms with Gasteiger partial charge in [0.2, 0.25) is 0 Å². The van der Waals surface area contributed by atoms with Gasteiger partial charge in [0.15, 0.2) is 0 Å². The van der Waals surface area contributed by atoms with Crippen LogP contribution >= 0.6 is 0 Å². The number of hydrogen-bond donors (Lipinski definition) is 1. The summed E-state index contributed by atoms with van der Waals surface area (Å²) in [5.41, 5.74) is 0.179. The van der Waals surface area contributed by atoms with Gasteiger partial charge >= 0.3 is 16.3 Å². The van der Waals surface area contributed by atoms with E-state index in [-0.39, 0.29) is 11.3 Å². The fourth-order valence-corrected chi connectivity index (χ4v) is 1.30. The first-order valence-electron chi connectivity index (χ1n) is 3.83. The van der Waals surface area contributed by atoms with E-state index in [1.807, 2.05) is 0 Å². The van der Waals surface area contributed by atoms with Crippen LogP contribution in [-0.2, 0) is 15.0 Å². The van der Waals surface area contributed by atoms with Gasteiger partial charge in [0.1, 0.15) is 5.75 Å². The van der Waals surface area contributed by atoms with Crippen molar-refractivity contribution in [2.45, 2.75) is 0 Å². The molecule has 1 rings (SSSR count). The maximum atomic E-state index is 11.1. The molecule has 0 atom stereocenters. The average molecular weight is 231 g/mol. The van der Waals surface area contributed by atoms with Gasteiger partial charge in [0.05, 0.1) is 12.7 Å². The fraction of sp³-hybridized carbons (Fsp3) is 0.125. The van der Waals surface area contributed by atoms with Crippen LogP contribution in [0.2, 0.25) is 0 Å². The molecule has 0 saturated carbocycles. The summed E-state index contributed by atoms with van der Waals surface area (Å²) in [4.78, 5) is 11.1. The van der Waals surface area contributed by atoms with Crippen molar-refractivity contribution in [1.29, 1.82) is 0 Å². The zero-order valence-corrected chi connectivity index (χ0v) is 8.65. The van der Waals surface area contributed by atoms with Crippen LogP contribution in [0, 0.1) is 0 Å². The molecule has 0 aliphatic carbocycles. The normalized spacial score (nSPS) is 10.8. The van der Waals surface area contributed by atoms with Crippen molar-refractivity contribution in [3.8, 4) is 5.75 Å². The highest BCUT2D eigenvalue weighted by atomic mass is 32.2. The van der Waals surface area contributed by atoms with E-state index in [9.17, 15) is 13.2 Å². The number of carbonyl (C=O) groups is 1. The lowest BCUT2D eigenvalue weighted by Gasteiger charge is -2.03. The molecule has 0 spiro atoms. The first-order chi connectivity index (χ1) is 6.92. The maximum absolute atomic E-state index is 11.1. The third kappa shape index (κ3) is 3.56. The quantitative estimate of drug-likeness (QED) is 0.742. The Bertz CT molecular complexity index is 468. The van der Waals surface area contributed by atoms with Crippen LogP contribution in [0.25, 0.3) is 0 Å². The van der Waals surface area contributed by atoms with Crippen LogP contribution < -0.4 is 9.32 Å². The summed E-state index contributed by atoms with van der Waals surface area (Å²) in [5, 5.41) is 4.66. The molecule has 6 nitrogen and oxygen atoms in total. The second kappa shape index (κ2) is 4.28. The highest BCUT2D eigenvalue weighted by molar-refractivity contribution is 7.84. The third-order valence-corrected chi connectivity index (χ3v) is 1.89. The number of nitrogens with two attached hydrogens (primary N) is 1. The molecule has 1 aromatic rings. The summed E-state index contributed by atoms with van der Waals surface area (Å²) in [7, 11) is -2.86. The van der Waals surface area contributed by atoms with E-state index in [4.69, 9.17) is 0 Å². The molecule has 15 heavy (non-hydrogen) atoms. The monoisotopic (exact) mass is 231 g/mol. The summed E-state index contributed by atoms with van der Waals surface area (Å²) in [6, 6.07) is 5.49. The Hall–Kier alpha value is -1.60. The van der Waals surface area contributed by atoms with Crippen molar-refractivity contribution < 1.29 is 22.1 Å². The predicted octanol–water partition coefficient (Wildman–Crippen LogP) is 0.0555. The zero-order chi connectivity index (χ0) is 11.5. The van der Waals surface area contributed by atoms with Crippen molar-refractivity contribution in [3.63, 3.8) is 0 Å². The largest absolute Gasteiger partial charge is 0.465 e. The van der Waals surface area contributed by atoms with Gasteiger partial charge in [-0.3, -0.25) is 0 Å². The molecule has 0 fully saturated rings. The smallest absolute Gasteiger partial charge is 0.380 e. The van der Waals surface area contributed by atoms with Gasteiger partial charge in [-0.25, -0.2) is 4.79 Å². The summed E-state index contributed by atoms with van der Waals surface area (Å²) in [5.74, 6) is -0.629. The van der Waals surface area contributed by atoms with Crippen LogP contribution in [0.15, 0.2) is 24.3 Å². The summed E-state index contributed by atoms with van der Waals surface area (Å²) < 4.78 is 30.0. The topological polar surface area (TPSA) is 95.7 Å². The molecule has 1 aromatic carbocycles. The lowest BCUT2D eigenvalue weighted by atomic mass is 10.2. The van der Waals surface area contributed by atoms with E-state index in [2.05, 4.69) is 14.1 Å². The van der Waals surface area contributed by atoms with Crippen molar-refractivity contribution in [1.82, 2.24) is 0 Å². The van der Waals surface area contributed by atoms with Gasteiger partial charge in [0, 0.05) is 0 Å². The molecule has 0 aliphatic rings. The Morgan fingerprint density at radius 3 is 2.60 bits per heavy atom. The number of ether oxygens (including phenoxy) is 1. The lowest BCUT2D eigenvalue weighted by Crippen LogP contribution is -2.19. The van der Waals surface area contributed by atoms with Gasteiger partial charge in [-0.1, -0.05) is 6.07 Å². The molecule has 0 aliphatic heterocycles. The van der Waals surface area contributed by atoms with Gasteiger partial charge in [-0.15, -0.1) is 0 Å². The standard InChI is InChI=1S/C8H9NO5S/c1-13-8(10)6-3-2-4-7(5-6)14-15(9,11)12/h2-5H,1H3,(H2,9,11,12). The van der Waals surface area contributed by atoms with E-state index in [1.54, 1.807) is 0 Å². The molecule has 7 heteroatoms. The van der Waals surface area contributed by atoms with Crippen LogP contribution in [0.4, 0.5) is 0 Å². The molecule has 0 radical (unpaired) electrons. The molecule has 2 N–H and O–H groups in total. The number of hydrogen-bond acceptors (Lipinski definition) is 5. The number of esters is 1.